The predicted molar refractivity (Wildman–Crippen MR) is 165 cm³/mol. The average molecular weight is 620 g/mol. The lowest BCUT2D eigenvalue weighted by molar-refractivity contribution is 0.107. The van der Waals surface area contributed by atoms with E-state index in [4.69, 9.17) is 19.4 Å². The van der Waals surface area contributed by atoms with E-state index in [1.54, 1.807) is 6.07 Å². The van der Waals surface area contributed by atoms with E-state index in [9.17, 15) is 9.50 Å². The number of alkyl halides is 1. The van der Waals surface area contributed by atoms with Crippen LogP contribution in [0.2, 0.25) is 0 Å². The Morgan fingerprint density at radius 3 is 2.82 bits per heavy atom. The Hall–Kier alpha value is -3.86. The number of pyridine rings is 1. The number of aryl methyl sites for hydroxylation is 1. The maximum atomic E-state index is 17.0. The summed E-state index contributed by atoms with van der Waals surface area (Å²) in [4.78, 5) is 18.5. The third kappa shape index (κ3) is 4.64. The van der Waals surface area contributed by atoms with Gasteiger partial charge in [0.1, 0.15) is 46.8 Å². The molecule has 0 bridgehead atoms. The molecule has 0 aliphatic carbocycles. The van der Waals surface area contributed by atoms with Crippen LogP contribution in [0.15, 0.2) is 24.3 Å². The second-order valence-electron chi connectivity index (χ2n) is 12.9. The second kappa shape index (κ2) is 10.9. The van der Waals surface area contributed by atoms with Crippen LogP contribution in [0.5, 0.6) is 17.6 Å². The molecule has 0 radical (unpaired) electrons. The first-order valence-corrected chi connectivity index (χ1v) is 16.1. The highest BCUT2D eigenvalue weighted by atomic mass is 19.1. The van der Waals surface area contributed by atoms with Crippen LogP contribution in [0, 0.1) is 11.6 Å². The van der Waals surface area contributed by atoms with Crippen molar-refractivity contribution in [3.63, 3.8) is 0 Å². The van der Waals surface area contributed by atoms with Crippen molar-refractivity contribution in [3.05, 3.63) is 41.5 Å². The number of nitrogens with zero attached hydrogens (tertiary/aromatic N) is 5. The molecular weight excluding hydrogens is 583 g/mol. The number of aromatic nitrogens is 3. The Bertz CT molecular complexity index is 1820. The molecule has 3 saturated heterocycles. The smallest absolute Gasteiger partial charge is 0.319 e. The van der Waals surface area contributed by atoms with Crippen LogP contribution in [0.1, 0.15) is 57.4 Å². The maximum absolute atomic E-state index is 17.0. The van der Waals surface area contributed by atoms with Crippen LogP contribution in [0.3, 0.4) is 0 Å². The molecule has 8 rings (SSSR count). The Morgan fingerprint density at radius 1 is 1.07 bits per heavy atom. The summed E-state index contributed by atoms with van der Waals surface area (Å²) in [5.74, 6) is -0.534. The molecular formula is C34H36F3N5O3. The minimum absolute atomic E-state index is 0.0114. The number of ether oxygens (including phenoxy) is 2. The minimum atomic E-state index is -0.908. The molecule has 45 heavy (non-hydrogen) atoms. The van der Waals surface area contributed by atoms with Gasteiger partial charge in [0, 0.05) is 37.5 Å². The molecule has 3 fully saturated rings. The molecule has 0 amide bonds. The van der Waals surface area contributed by atoms with E-state index >= 15 is 8.78 Å². The van der Waals surface area contributed by atoms with Crippen LogP contribution in [-0.4, -0.2) is 75.6 Å². The number of fused-ring (bicyclic) bond motifs is 4. The van der Waals surface area contributed by atoms with E-state index in [2.05, 4.69) is 14.8 Å². The van der Waals surface area contributed by atoms with Crippen molar-refractivity contribution in [3.8, 4) is 28.9 Å². The average Bonchev–Trinajstić information content (AvgIpc) is 3.55. The van der Waals surface area contributed by atoms with Gasteiger partial charge in [-0.05, 0) is 79.6 Å². The van der Waals surface area contributed by atoms with E-state index < -0.39 is 23.3 Å². The molecule has 8 nitrogen and oxygen atoms in total. The summed E-state index contributed by atoms with van der Waals surface area (Å²) >= 11 is 0. The topological polar surface area (TPSA) is 83.8 Å². The summed E-state index contributed by atoms with van der Waals surface area (Å²) in [5.41, 5.74) is 0.124. The zero-order valence-corrected chi connectivity index (χ0v) is 25.3. The highest BCUT2D eigenvalue weighted by Crippen LogP contribution is 2.45. The van der Waals surface area contributed by atoms with Crippen molar-refractivity contribution < 1.29 is 27.8 Å². The zero-order chi connectivity index (χ0) is 30.9. The van der Waals surface area contributed by atoms with Crippen molar-refractivity contribution in [2.24, 2.45) is 0 Å². The molecule has 4 aliphatic heterocycles. The summed E-state index contributed by atoms with van der Waals surface area (Å²) in [6.07, 6.45) is 5.40. The number of hydrogen-bond donors (Lipinski definition) is 1. The normalized spacial score (nSPS) is 24.8. The Morgan fingerprint density at radius 2 is 1.96 bits per heavy atom. The summed E-state index contributed by atoms with van der Waals surface area (Å²) in [6.45, 7) is 4.39. The third-order valence-corrected chi connectivity index (χ3v) is 10.3. The van der Waals surface area contributed by atoms with Crippen LogP contribution in [0.25, 0.3) is 32.9 Å². The molecule has 6 heterocycles. The van der Waals surface area contributed by atoms with E-state index in [0.717, 1.165) is 51.6 Å². The molecule has 3 atom stereocenters. The number of rotatable bonds is 5. The lowest BCUT2D eigenvalue weighted by Crippen LogP contribution is -2.44. The molecule has 1 N–H and O–H groups in total. The van der Waals surface area contributed by atoms with Crippen LogP contribution in [-0.2, 0) is 6.42 Å². The standard InChI is InChI=1S/C34H36F3N5O3/c1-2-23-25(36)8-7-19-14-22(43)15-24(26(19)23)29-28(37)30-27-31(42-12-4-3-6-21(42)9-13-44-32(27)38-29)40-33(39-30)45-18-34-10-5-11-41(34)17-20(35)16-34/h7-8,14-15,20-21,43H,2-6,9-13,16-18H2,1H3/t20-,21-,34+/m1/s1. The van der Waals surface area contributed by atoms with Gasteiger partial charge in [0.25, 0.3) is 0 Å². The lowest BCUT2D eigenvalue weighted by atomic mass is 9.94. The number of aromatic hydroxyl groups is 1. The van der Waals surface area contributed by atoms with Crippen molar-refractivity contribution in [2.45, 2.75) is 76.0 Å². The van der Waals surface area contributed by atoms with Gasteiger partial charge in [0.2, 0.25) is 5.88 Å². The van der Waals surface area contributed by atoms with Crippen molar-refractivity contribution in [2.75, 3.05) is 37.7 Å². The van der Waals surface area contributed by atoms with Gasteiger partial charge in [0.05, 0.1) is 12.1 Å². The van der Waals surface area contributed by atoms with E-state index in [-0.39, 0.29) is 47.1 Å². The largest absolute Gasteiger partial charge is 0.508 e. The molecule has 2 aromatic heterocycles. The van der Waals surface area contributed by atoms with Crippen LogP contribution < -0.4 is 14.4 Å². The van der Waals surface area contributed by atoms with E-state index in [1.807, 2.05) is 6.92 Å². The fourth-order valence-corrected chi connectivity index (χ4v) is 8.21. The van der Waals surface area contributed by atoms with Gasteiger partial charge in [0.15, 0.2) is 5.82 Å². The fourth-order valence-electron chi connectivity index (χ4n) is 8.21. The quantitative estimate of drug-likeness (QED) is 0.272. The van der Waals surface area contributed by atoms with Gasteiger partial charge in [-0.2, -0.15) is 9.97 Å². The van der Waals surface area contributed by atoms with Gasteiger partial charge in [-0.25, -0.2) is 18.2 Å². The molecule has 0 spiro atoms. The number of anilines is 1. The summed E-state index contributed by atoms with van der Waals surface area (Å²) in [5, 5.41) is 12.1. The van der Waals surface area contributed by atoms with Crippen molar-refractivity contribution in [1.29, 1.82) is 0 Å². The lowest BCUT2D eigenvalue weighted by Gasteiger charge is -2.38. The van der Waals surface area contributed by atoms with Crippen molar-refractivity contribution >= 4 is 27.5 Å². The van der Waals surface area contributed by atoms with Crippen LogP contribution in [0.4, 0.5) is 19.0 Å². The summed E-state index contributed by atoms with van der Waals surface area (Å²) in [6, 6.07) is 6.06. The first kappa shape index (κ1) is 28.6. The van der Waals surface area contributed by atoms with E-state index in [0.29, 0.717) is 53.5 Å². The zero-order valence-electron chi connectivity index (χ0n) is 25.3. The Balaban J connectivity index is 1.33. The van der Waals surface area contributed by atoms with Gasteiger partial charge in [-0.3, -0.25) is 4.90 Å². The SMILES string of the molecule is CCc1c(F)ccc2cc(O)cc(-c3nc4c5c(nc(OC[C@@]67CCCN6C[C@H](F)C7)nc5c3F)N3CCCC[C@@H]3CCO4)c12. The number of benzene rings is 2. The number of phenols is 1. The molecule has 236 valence electrons. The highest BCUT2D eigenvalue weighted by molar-refractivity contribution is 6.03. The number of hydrogen-bond acceptors (Lipinski definition) is 8. The Kier molecular flexibility index (Phi) is 6.92. The molecule has 4 aliphatic rings. The van der Waals surface area contributed by atoms with Gasteiger partial charge in [-0.1, -0.05) is 13.0 Å². The monoisotopic (exact) mass is 619 g/mol. The number of phenolic OH excluding ortho intramolecular Hbond substituents is 1. The molecule has 2 aromatic carbocycles. The fraction of sp³-hybridized carbons (Fsp3) is 0.500. The van der Waals surface area contributed by atoms with Gasteiger partial charge < -0.3 is 19.5 Å². The molecule has 4 aromatic rings. The summed E-state index contributed by atoms with van der Waals surface area (Å²) < 4.78 is 59.0. The first-order valence-electron chi connectivity index (χ1n) is 16.1. The van der Waals surface area contributed by atoms with Gasteiger partial charge in [-0.15, -0.1) is 0 Å². The van der Waals surface area contributed by atoms with Gasteiger partial charge >= 0.3 is 6.01 Å². The summed E-state index contributed by atoms with van der Waals surface area (Å²) in [7, 11) is 0. The minimum Gasteiger partial charge on any atom is -0.508 e. The second-order valence-corrected chi connectivity index (χ2v) is 12.9. The third-order valence-electron chi connectivity index (χ3n) is 10.3. The molecule has 0 saturated carbocycles. The highest BCUT2D eigenvalue weighted by Gasteiger charge is 2.49. The molecule has 11 heteroatoms. The molecule has 0 unspecified atom stereocenters. The predicted octanol–water partition coefficient (Wildman–Crippen LogP) is 6.49. The van der Waals surface area contributed by atoms with Crippen molar-refractivity contribution in [1.82, 2.24) is 19.9 Å². The van der Waals surface area contributed by atoms with E-state index in [1.165, 1.54) is 18.2 Å². The first-order chi connectivity index (χ1) is 21.8. The number of piperidine rings is 1. The van der Waals surface area contributed by atoms with Crippen LogP contribution >= 0.6 is 0 Å². The Labute approximate surface area is 259 Å². The maximum Gasteiger partial charge on any atom is 0.319 e. The number of halogens is 3.